The minimum atomic E-state index is -2.26. The zero-order chi connectivity index (χ0) is 31.9. The van der Waals surface area contributed by atoms with E-state index < -0.39 is 93.6 Å². The third kappa shape index (κ3) is 5.75. The molecule has 0 bridgehead atoms. The van der Waals surface area contributed by atoms with Crippen molar-refractivity contribution in [3.05, 3.63) is 44.0 Å². The number of ether oxygens (including phenoxy) is 1. The monoisotopic (exact) mass is 614 g/mol. The number of carbonyl (C=O) groups excluding carboxylic acids is 3. The number of halogens is 2. The zero-order valence-corrected chi connectivity index (χ0v) is 24.1. The average molecular weight is 615 g/mol. The predicted octanol–water partition coefficient (Wildman–Crippen LogP) is 3.24. The molecule has 238 valence electrons. The number of aliphatic hydroxyl groups excluding tert-OH is 1. The molecular formula is C28H36F2N2O11. The summed E-state index contributed by atoms with van der Waals surface area (Å²) < 4.78 is 37.9. The van der Waals surface area contributed by atoms with Crippen LogP contribution in [0.1, 0.15) is 59.3 Å². The molecule has 0 saturated heterocycles. The highest BCUT2D eigenvalue weighted by Crippen LogP contribution is 2.70. The molecule has 0 aromatic heterocycles. The van der Waals surface area contributed by atoms with Crippen LogP contribution in [0.2, 0.25) is 0 Å². The lowest BCUT2D eigenvalue weighted by Gasteiger charge is -2.62. The Balaban J connectivity index is 1.41. The molecule has 15 heteroatoms. The Bertz CT molecular complexity index is 1240. The molecule has 43 heavy (non-hydrogen) atoms. The van der Waals surface area contributed by atoms with Gasteiger partial charge in [0, 0.05) is 23.7 Å². The van der Waals surface area contributed by atoms with E-state index in [0.29, 0.717) is 6.42 Å². The van der Waals surface area contributed by atoms with Crippen LogP contribution >= 0.6 is 0 Å². The smallest absolute Gasteiger partial charge is 0.306 e. The van der Waals surface area contributed by atoms with Gasteiger partial charge in [0.05, 0.1) is 6.10 Å². The van der Waals surface area contributed by atoms with Crippen molar-refractivity contribution in [2.45, 2.75) is 83.3 Å². The molecule has 4 aliphatic carbocycles. The zero-order valence-electron chi connectivity index (χ0n) is 24.1. The fourth-order valence-electron chi connectivity index (χ4n) is 8.48. The number of Topliss-reactive ketones (excluding diaryl/α,β-unsaturated/α-hetero) is 1. The Hall–Kier alpha value is -3.49. The third-order valence-electron chi connectivity index (χ3n) is 10.2. The largest absolute Gasteiger partial charge is 0.458 e. The first-order chi connectivity index (χ1) is 20.0. The second-order valence-electron chi connectivity index (χ2n) is 12.6. The molecule has 0 amide bonds. The summed E-state index contributed by atoms with van der Waals surface area (Å²) in [6.07, 6.45) is -1.03. The van der Waals surface area contributed by atoms with Crippen molar-refractivity contribution in [3.63, 3.8) is 0 Å². The van der Waals surface area contributed by atoms with E-state index in [-0.39, 0.29) is 43.6 Å². The lowest BCUT2D eigenvalue weighted by Crippen LogP contribution is -2.68. The Morgan fingerprint density at radius 1 is 1.19 bits per heavy atom. The summed E-state index contributed by atoms with van der Waals surface area (Å²) in [5.74, 6) is -3.98. The van der Waals surface area contributed by atoms with Gasteiger partial charge >= 0.3 is 5.97 Å². The Labute approximate surface area is 245 Å². The van der Waals surface area contributed by atoms with E-state index in [1.807, 2.05) is 6.92 Å². The van der Waals surface area contributed by atoms with Crippen molar-refractivity contribution in [3.8, 4) is 0 Å². The summed E-state index contributed by atoms with van der Waals surface area (Å²) in [6.45, 7) is 3.83. The van der Waals surface area contributed by atoms with E-state index >= 15 is 8.78 Å². The number of nitrogens with zero attached hydrogens (tertiary/aromatic N) is 2. The summed E-state index contributed by atoms with van der Waals surface area (Å²) in [6, 6.07) is 0. The normalized spacial score (nSPS) is 38.6. The summed E-state index contributed by atoms with van der Waals surface area (Å²) >= 11 is 0. The fraction of sp³-hybridized carbons (Fsp3) is 0.750. The van der Waals surface area contributed by atoms with Gasteiger partial charge in [-0.3, -0.25) is 14.4 Å². The molecule has 4 rings (SSSR count). The summed E-state index contributed by atoms with van der Waals surface area (Å²) in [7, 11) is 0. The van der Waals surface area contributed by atoms with Crippen LogP contribution in [-0.4, -0.2) is 70.1 Å². The Morgan fingerprint density at radius 3 is 2.53 bits per heavy atom. The van der Waals surface area contributed by atoms with Gasteiger partial charge in [-0.05, 0) is 74.0 Å². The standard InChI is InChI=1S/C28H36F2N2O11/c1-15-9-18-19-11-21(29)20-10-16(33)7-8-27(20,3)28(19,30)23(35)12-26(18,2)25(15)22(34)14-41-24(36)6-4-5-17(43-32(39)40)13-42-31(37)38/h7-8,10,15,17-19,21,23,25,35H,4-6,9,11-14H2,1-3H3/t15-,17?,18?,19?,21+,23?,25?,26?,27?,28+/m1/s1. The van der Waals surface area contributed by atoms with Crippen molar-refractivity contribution >= 4 is 17.5 Å². The maximum absolute atomic E-state index is 17.2. The van der Waals surface area contributed by atoms with Gasteiger partial charge in [-0.15, -0.1) is 20.2 Å². The second-order valence-corrected chi connectivity index (χ2v) is 12.6. The lowest BCUT2D eigenvalue weighted by atomic mass is 9.45. The molecule has 7 unspecified atom stereocenters. The topological polar surface area (TPSA) is 185 Å². The first kappa shape index (κ1) is 32.4. The molecular weight excluding hydrogens is 578 g/mol. The van der Waals surface area contributed by atoms with Gasteiger partial charge in [-0.2, -0.15) is 0 Å². The number of hydrogen-bond acceptors (Lipinski definition) is 11. The fourth-order valence-corrected chi connectivity index (χ4v) is 8.48. The number of hydrogen-bond donors (Lipinski definition) is 1. The van der Waals surface area contributed by atoms with Crippen molar-refractivity contribution in [2.24, 2.45) is 34.5 Å². The summed E-state index contributed by atoms with van der Waals surface area (Å²) in [5.41, 5.74) is -4.66. The number of fused-ring (bicyclic) bond motifs is 5. The maximum atomic E-state index is 17.2. The van der Waals surface area contributed by atoms with Crippen molar-refractivity contribution in [2.75, 3.05) is 13.2 Å². The number of esters is 1. The van der Waals surface area contributed by atoms with E-state index in [4.69, 9.17) is 4.74 Å². The molecule has 0 aromatic rings. The van der Waals surface area contributed by atoms with Gasteiger partial charge in [0.2, 0.25) is 0 Å². The van der Waals surface area contributed by atoms with Gasteiger partial charge in [-0.1, -0.05) is 19.9 Å². The summed E-state index contributed by atoms with van der Waals surface area (Å²) in [4.78, 5) is 67.1. The van der Waals surface area contributed by atoms with Crippen LogP contribution in [0.25, 0.3) is 0 Å². The molecule has 0 aliphatic heterocycles. The number of aliphatic hydroxyl groups is 1. The first-order valence-corrected chi connectivity index (χ1v) is 14.3. The molecule has 13 nitrogen and oxygen atoms in total. The van der Waals surface area contributed by atoms with E-state index in [9.17, 15) is 39.7 Å². The van der Waals surface area contributed by atoms with Gasteiger partial charge in [-0.25, -0.2) is 8.78 Å². The van der Waals surface area contributed by atoms with Gasteiger partial charge in [0.1, 0.15) is 25.5 Å². The molecule has 0 aromatic carbocycles. The van der Waals surface area contributed by atoms with Gasteiger partial charge < -0.3 is 19.5 Å². The van der Waals surface area contributed by atoms with Crippen LogP contribution in [0.4, 0.5) is 8.78 Å². The number of allylic oxidation sites excluding steroid dienone is 4. The van der Waals surface area contributed by atoms with Crippen molar-refractivity contribution in [1.29, 1.82) is 0 Å². The Morgan fingerprint density at radius 2 is 1.88 bits per heavy atom. The number of alkyl halides is 2. The maximum Gasteiger partial charge on any atom is 0.306 e. The molecule has 1 N–H and O–H groups in total. The highest BCUT2D eigenvalue weighted by atomic mass is 19.1. The number of ketones is 2. The SMILES string of the molecule is C[C@@H]1CC2C3C[C@H](F)C4=CC(=O)C=CC4(C)[C@@]3(F)C(O)CC2(C)C1C(=O)COC(=O)CCCC(CO[N+](=O)[O-])O[N+](=O)[O-]. The number of carbonyl (C=O) groups is 3. The average Bonchev–Trinajstić information content (AvgIpc) is 3.17. The second kappa shape index (κ2) is 11.9. The van der Waals surface area contributed by atoms with Crippen LogP contribution < -0.4 is 0 Å². The first-order valence-electron chi connectivity index (χ1n) is 14.3. The van der Waals surface area contributed by atoms with Crippen LogP contribution in [0.5, 0.6) is 0 Å². The van der Waals surface area contributed by atoms with E-state index in [2.05, 4.69) is 9.68 Å². The van der Waals surface area contributed by atoms with E-state index in [1.54, 1.807) is 6.92 Å². The number of rotatable bonds is 12. The predicted molar refractivity (Wildman–Crippen MR) is 141 cm³/mol. The molecule has 10 atom stereocenters. The van der Waals surface area contributed by atoms with E-state index in [0.717, 1.165) is 6.08 Å². The lowest BCUT2D eigenvalue weighted by molar-refractivity contribution is -0.790. The summed E-state index contributed by atoms with van der Waals surface area (Å²) in [5, 5.41) is 30.0. The van der Waals surface area contributed by atoms with Crippen molar-refractivity contribution < 1.29 is 52.9 Å². The molecule has 3 fully saturated rings. The molecule has 3 saturated carbocycles. The van der Waals surface area contributed by atoms with Crippen LogP contribution in [0.15, 0.2) is 23.8 Å². The molecule has 4 aliphatic rings. The quantitative estimate of drug-likeness (QED) is 0.193. The van der Waals surface area contributed by atoms with Crippen LogP contribution in [0, 0.1) is 54.7 Å². The molecule has 0 radical (unpaired) electrons. The van der Waals surface area contributed by atoms with E-state index in [1.165, 1.54) is 19.1 Å². The minimum Gasteiger partial charge on any atom is -0.458 e. The highest BCUT2D eigenvalue weighted by molar-refractivity contribution is 6.01. The van der Waals surface area contributed by atoms with Gasteiger partial charge in [0.15, 0.2) is 17.2 Å². The molecule has 0 spiro atoms. The van der Waals surface area contributed by atoms with Crippen LogP contribution in [-0.2, 0) is 28.8 Å². The minimum absolute atomic E-state index is 0.00166. The van der Waals surface area contributed by atoms with Crippen LogP contribution in [0.3, 0.4) is 0 Å². The third-order valence-corrected chi connectivity index (χ3v) is 10.2. The van der Waals surface area contributed by atoms with Gasteiger partial charge in [0.25, 0.3) is 10.2 Å². The Kier molecular flexibility index (Phi) is 8.96. The van der Waals surface area contributed by atoms with Crippen molar-refractivity contribution in [1.82, 2.24) is 0 Å². The molecule has 0 heterocycles. The highest BCUT2D eigenvalue weighted by Gasteiger charge is 2.73.